The minimum atomic E-state index is 1.27. The van der Waals surface area contributed by atoms with E-state index in [0.717, 1.165) is 0 Å². The van der Waals surface area contributed by atoms with Gasteiger partial charge in [-0.2, -0.15) is 0 Å². The second-order valence-electron chi connectivity index (χ2n) is 26.2. The van der Waals surface area contributed by atoms with E-state index in [1.54, 1.807) is 0 Å². The van der Waals surface area contributed by atoms with Crippen LogP contribution >= 0.6 is 0 Å². The van der Waals surface area contributed by atoms with E-state index in [-0.39, 0.29) is 0 Å². The Morgan fingerprint density at radius 2 is 0.365 bits per heavy atom. The van der Waals surface area contributed by atoms with Crippen molar-refractivity contribution in [1.82, 2.24) is 0 Å². The van der Waals surface area contributed by atoms with Gasteiger partial charge in [0.25, 0.3) is 0 Å². The molecule has 0 aliphatic rings. The highest BCUT2D eigenvalue weighted by Gasteiger charge is 2.23. The van der Waals surface area contributed by atoms with Gasteiger partial charge in [0.1, 0.15) is 0 Å². The van der Waals surface area contributed by atoms with Crippen LogP contribution in [-0.4, -0.2) is 0 Å². The van der Waals surface area contributed by atoms with E-state index in [1.165, 1.54) is 197 Å². The summed E-state index contributed by atoms with van der Waals surface area (Å²) in [4.78, 5) is 0. The van der Waals surface area contributed by atoms with Crippen LogP contribution in [0.1, 0.15) is 33.4 Å². The zero-order valence-electron chi connectivity index (χ0n) is 55.2. The van der Waals surface area contributed by atoms with Crippen LogP contribution in [0.5, 0.6) is 0 Å². The molecular weight excluding hydrogens is 1150 g/mol. The first kappa shape index (κ1) is 59.3. The molecule has 96 heavy (non-hydrogen) atoms. The largest absolute Gasteiger partial charge is 0.0616 e. The lowest BCUT2D eigenvalue weighted by atomic mass is 9.83. The Hall–Kier alpha value is -11.7. The highest BCUT2D eigenvalue weighted by molar-refractivity contribution is 6.31. The minimum Gasteiger partial charge on any atom is -0.0616 e. The fourth-order valence-electron chi connectivity index (χ4n) is 15.3. The number of hydrogen-bond donors (Lipinski definition) is 0. The predicted molar refractivity (Wildman–Crippen MR) is 418 cm³/mol. The first-order valence-corrected chi connectivity index (χ1v) is 33.6. The summed E-state index contributed by atoms with van der Waals surface area (Å²) in [5, 5.41) is 23.5. The Morgan fingerprint density at radius 1 is 0.135 bits per heavy atom. The molecule has 0 N–H and O–H groups in total. The molecule has 18 aromatic carbocycles. The molecule has 0 bridgehead atoms. The van der Waals surface area contributed by atoms with Crippen LogP contribution < -0.4 is 0 Å². The van der Waals surface area contributed by atoms with E-state index in [4.69, 9.17) is 0 Å². The van der Waals surface area contributed by atoms with Crippen molar-refractivity contribution in [2.45, 2.75) is 41.5 Å². The van der Waals surface area contributed by atoms with E-state index in [1.807, 2.05) is 0 Å². The molecule has 0 heterocycles. The van der Waals surface area contributed by atoms with Crippen LogP contribution in [0.4, 0.5) is 0 Å². The Labute approximate surface area is 562 Å². The standard InChI is InChI=1S/3C32H24/c2*1-21-9-7-12-24(19-21)30-27-15-5-6-16-28(27)31(25-13-8-10-22(2)20-25)32-26-14-4-3-11-23(26)17-18-29(30)32;1-21-11-15-24(16-12-21)30-27-9-5-6-10-28(27)31(25-17-13-22(2)14-18-25)32-26-8-4-3-7-23(26)19-20-29(30)32/h3*3-20H,1-2H3. The van der Waals surface area contributed by atoms with E-state index < -0.39 is 0 Å². The van der Waals surface area contributed by atoms with Gasteiger partial charge in [-0.15, -0.1) is 0 Å². The molecule has 0 aliphatic carbocycles. The topological polar surface area (TPSA) is 0 Å². The maximum Gasteiger partial charge on any atom is -0.00141 e. The average Bonchev–Trinajstić information content (AvgIpc) is 0.738. The van der Waals surface area contributed by atoms with Crippen LogP contribution in [0.15, 0.2) is 328 Å². The molecule has 18 aromatic rings. The van der Waals surface area contributed by atoms with Gasteiger partial charge in [-0.25, -0.2) is 0 Å². The molecule has 0 unspecified atom stereocenters. The lowest BCUT2D eigenvalue weighted by molar-refractivity contribution is 1.47. The van der Waals surface area contributed by atoms with Gasteiger partial charge >= 0.3 is 0 Å². The summed E-state index contributed by atoms with van der Waals surface area (Å²) in [5.74, 6) is 0. The summed E-state index contributed by atoms with van der Waals surface area (Å²) in [5.41, 5.74) is 23.3. The van der Waals surface area contributed by atoms with E-state index in [9.17, 15) is 0 Å². The van der Waals surface area contributed by atoms with Gasteiger partial charge in [-0.05, 0) is 205 Å². The third kappa shape index (κ3) is 10.7. The van der Waals surface area contributed by atoms with Crippen LogP contribution in [0, 0.1) is 41.5 Å². The van der Waals surface area contributed by atoms with Crippen molar-refractivity contribution in [3.63, 3.8) is 0 Å². The quantitative estimate of drug-likeness (QED) is 0.115. The van der Waals surface area contributed by atoms with Gasteiger partial charge in [-0.1, -0.05) is 361 Å². The van der Waals surface area contributed by atoms with E-state index >= 15 is 0 Å². The van der Waals surface area contributed by atoms with Crippen molar-refractivity contribution in [3.8, 4) is 66.8 Å². The summed E-state index contributed by atoms with van der Waals surface area (Å²) in [6, 6.07) is 120. The normalized spacial score (nSPS) is 11.4. The van der Waals surface area contributed by atoms with E-state index in [0.29, 0.717) is 0 Å². The monoisotopic (exact) mass is 1220 g/mol. The maximum absolute atomic E-state index is 2.32. The smallest absolute Gasteiger partial charge is 0.00141 e. The van der Waals surface area contributed by atoms with Gasteiger partial charge in [0.15, 0.2) is 0 Å². The first-order chi connectivity index (χ1) is 47.1. The Balaban J connectivity index is 0.000000113. The molecule has 456 valence electrons. The molecule has 18 rings (SSSR count). The van der Waals surface area contributed by atoms with Crippen molar-refractivity contribution in [3.05, 3.63) is 361 Å². The van der Waals surface area contributed by atoms with Crippen LogP contribution in [0.3, 0.4) is 0 Å². The predicted octanol–water partition coefficient (Wildman–Crippen LogP) is 27.3. The van der Waals surface area contributed by atoms with Gasteiger partial charge in [0, 0.05) is 0 Å². The molecule has 0 nitrogen and oxygen atoms in total. The van der Waals surface area contributed by atoms with Crippen LogP contribution in [0.2, 0.25) is 0 Å². The van der Waals surface area contributed by atoms with Gasteiger partial charge in [0.2, 0.25) is 0 Å². The molecular formula is C96H72. The second-order valence-corrected chi connectivity index (χ2v) is 26.2. The summed E-state index contributed by atoms with van der Waals surface area (Å²) in [6.07, 6.45) is 0. The molecule has 0 atom stereocenters. The maximum atomic E-state index is 2.32. The van der Waals surface area contributed by atoms with Gasteiger partial charge in [-0.3, -0.25) is 0 Å². The lowest BCUT2D eigenvalue weighted by Gasteiger charge is -2.19. The lowest BCUT2D eigenvalue weighted by Crippen LogP contribution is -1.92. The SMILES string of the molecule is Cc1ccc(-c2c3ccccc3c(-c3ccc(C)cc3)c3c2ccc2ccccc23)cc1.Cc1cccc(-c2c3ccccc3c(-c3cccc(C)c3)c3c2ccc2ccccc23)c1.Cc1cccc(-c2c3ccccc3c(-c3cccc(C)c3)c3c2ccc2ccccc23)c1. The van der Waals surface area contributed by atoms with Crippen molar-refractivity contribution in [2.75, 3.05) is 0 Å². The third-order valence-electron chi connectivity index (χ3n) is 19.6. The molecule has 0 saturated heterocycles. The average molecular weight is 1230 g/mol. The van der Waals surface area contributed by atoms with Crippen molar-refractivity contribution >= 4 is 97.0 Å². The molecule has 0 amide bonds. The Morgan fingerprint density at radius 3 is 0.656 bits per heavy atom. The molecule has 0 heteroatoms. The number of fused-ring (bicyclic) bond motifs is 12. The molecule has 0 aromatic heterocycles. The fraction of sp³-hybridized carbons (Fsp3) is 0.0625. The number of rotatable bonds is 6. The summed E-state index contributed by atoms with van der Waals surface area (Å²) in [7, 11) is 0. The van der Waals surface area contributed by atoms with Crippen LogP contribution in [-0.2, 0) is 0 Å². The van der Waals surface area contributed by atoms with E-state index in [2.05, 4.69) is 369 Å². The highest BCUT2D eigenvalue weighted by Crippen LogP contribution is 2.50. The van der Waals surface area contributed by atoms with Gasteiger partial charge < -0.3 is 0 Å². The second kappa shape index (κ2) is 25.0. The number of benzene rings is 18. The summed E-state index contributed by atoms with van der Waals surface area (Å²) in [6.45, 7) is 13.0. The minimum absolute atomic E-state index is 1.27. The zero-order valence-corrected chi connectivity index (χ0v) is 55.2. The zero-order chi connectivity index (χ0) is 65.0. The number of hydrogen-bond acceptors (Lipinski definition) is 0. The van der Waals surface area contributed by atoms with Crippen LogP contribution in [0.25, 0.3) is 164 Å². The Bertz CT molecular complexity index is 5810. The summed E-state index contributed by atoms with van der Waals surface area (Å²) < 4.78 is 0. The third-order valence-corrected chi connectivity index (χ3v) is 19.6. The van der Waals surface area contributed by atoms with Gasteiger partial charge in [0.05, 0.1) is 0 Å². The molecule has 0 aliphatic heterocycles. The molecule has 0 fully saturated rings. The molecule has 0 radical (unpaired) electrons. The fourth-order valence-corrected chi connectivity index (χ4v) is 15.3. The Kier molecular flexibility index (Phi) is 15.4. The number of aryl methyl sites for hydroxylation is 6. The summed E-state index contributed by atoms with van der Waals surface area (Å²) >= 11 is 0. The van der Waals surface area contributed by atoms with Crippen molar-refractivity contribution < 1.29 is 0 Å². The highest BCUT2D eigenvalue weighted by atomic mass is 14.3. The van der Waals surface area contributed by atoms with Crippen molar-refractivity contribution in [2.24, 2.45) is 0 Å². The molecule has 0 saturated carbocycles. The molecule has 0 spiro atoms. The van der Waals surface area contributed by atoms with Crippen molar-refractivity contribution in [1.29, 1.82) is 0 Å². The first-order valence-electron chi connectivity index (χ1n) is 33.6.